The third-order valence-corrected chi connectivity index (χ3v) is 6.86. The highest BCUT2D eigenvalue weighted by molar-refractivity contribution is 5.69. The minimum atomic E-state index is -0.381. The van der Waals surface area contributed by atoms with E-state index in [1.807, 2.05) is 0 Å². The van der Waals surface area contributed by atoms with E-state index in [1.54, 1.807) is 0 Å². The average molecular weight is 352 g/mol. The Balaban J connectivity index is 1.33. The van der Waals surface area contributed by atoms with Crippen LogP contribution in [0.2, 0.25) is 0 Å². The molecule has 6 heteroatoms. The number of rotatable bonds is 2. The predicted octanol–water partition coefficient (Wildman–Crippen LogP) is 2.47. The third-order valence-electron chi connectivity index (χ3n) is 6.86. The molecule has 5 rings (SSSR count). The van der Waals surface area contributed by atoms with Gasteiger partial charge in [0.05, 0.1) is 43.5 Å². The van der Waals surface area contributed by atoms with Crippen molar-refractivity contribution in [3.05, 3.63) is 0 Å². The number of hydrogen-bond donors (Lipinski definition) is 0. The summed E-state index contributed by atoms with van der Waals surface area (Å²) in [5.41, 5.74) is -0.313. The third kappa shape index (κ3) is 2.64. The standard InChI is InChI=1S/C19H28O6/c1-21-16(20)9-12-5-6-15-18(23-12)10-13(22-15)17-14(11-18)24-19(25-17)7-3-2-4-8-19/h12-15,17H,2-11H2,1H3/t12?,13-,14-,15?,17?,18?/m1/s1. The fourth-order valence-corrected chi connectivity index (χ4v) is 5.74. The molecule has 0 radical (unpaired) electrons. The maximum atomic E-state index is 11.6. The van der Waals surface area contributed by atoms with Crippen LogP contribution in [0, 0.1) is 0 Å². The Morgan fingerprint density at radius 2 is 1.84 bits per heavy atom. The Labute approximate surface area is 148 Å². The Bertz CT molecular complexity index is 544. The second-order valence-corrected chi connectivity index (χ2v) is 8.44. The second kappa shape index (κ2) is 5.91. The van der Waals surface area contributed by atoms with Crippen molar-refractivity contribution in [3.63, 3.8) is 0 Å². The zero-order valence-corrected chi connectivity index (χ0v) is 14.9. The number of esters is 1. The predicted molar refractivity (Wildman–Crippen MR) is 86.9 cm³/mol. The van der Waals surface area contributed by atoms with Crippen molar-refractivity contribution in [2.45, 2.75) is 106 Å². The van der Waals surface area contributed by atoms with Gasteiger partial charge in [0.2, 0.25) is 0 Å². The Morgan fingerprint density at radius 1 is 1.04 bits per heavy atom. The molecule has 25 heavy (non-hydrogen) atoms. The summed E-state index contributed by atoms with van der Waals surface area (Å²) in [7, 11) is 1.43. The summed E-state index contributed by atoms with van der Waals surface area (Å²) in [6.07, 6.45) is 9.57. The van der Waals surface area contributed by atoms with Gasteiger partial charge in [-0.3, -0.25) is 4.79 Å². The van der Waals surface area contributed by atoms with Crippen LogP contribution in [-0.2, 0) is 28.5 Å². The Hall–Kier alpha value is -0.690. The van der Waals surface area contributed by atoms with Gasteiger partial charge < -0.3 is 23.7 Å². The minimum absolute atomic E-state index is 0.0389. The topological polar surface area (TPSA) is 63.2 Å². The van der Waals surface area contributed by atoms with Gasteiger partial charge in [0.15, 0.2) is 5.79 Å². The van der Waals surface area contributed by atoms with E-state index in [0.29, 0.717) is 6.42 Å². The van der Waals surface area contributed by atoms with Crippen LogP contribution in [0.15, 0.2) is 0 Å². The zero-order valence-electron chi connectivity index (χ0n) is 14.9. The molecule has 0 N–H and O–H groups in total. The van der Waals surface area contributed by atoms with E-state index in [1.165, 1.54) is 26.4 Å². The first-order chi connectivity index (χ1) is 12.1. The van der Waals surface area contributed by atoms with Crippen LogP contribution in [0.5, 0.6) is 0 Å². The first-order valence-corrected chi connectivity index (χ1v) is 9.87. The molecule has 2 spiro atoms. The molecule has 4 unspecified atom stereocenters. The summed E-state index contributed by atoms with van der Waals surface area (Å²) in [4.78, 5) is 11.6. The van der Waals surface area contributed by atoms with E-state index < -0.39 is 0 Å². The summed E-state index contributed by atoms with van der Waals surface area (Å²) >= 11 is 0. The molecule has 0 amide bonds. The molecule has 6 nitrogen and oxygen atoms in total. The van der Waals surface area contributed by atoms with Gasteiger partial charge in [-0.2, -0.15) is 0 Å². The van der Waals surface area contributed by atoms with Crippen LogP contribution < -0.4 is 0 Å². The van der Waals surface area contributed by atoms with Gasteiger partial charge >= 0.3 is 5.97 Å². The molecule has 3 heterocycles. The number of methoxy groups -OCH3 is 1. The lowest BCUT2D eigenvalue weighted by atomic mass is 9.76. The van der Waals surface area contributed by atoms with Gasteiger partial charge in [0, 0.05) is 25.7 Å². The lowest BCUT2D eigenvalue weighted by molar-refractivity contribution is -0.216. The van der Waals surface area contributed by atoms with Crippen molar-refractivity contribution < 1.29 is 28.5 Å². The highest BCUT2D eigenvalue weighted by Crippen LogP contribution is 2.55. The number of hydrogen-bond acceptors (Lipinski definition) is 6. The number of ether oxygens (including phenoxy) is 5. The molecule has 0 aromatic heterocycles. The second-order valence-electron chi connectivity index (χ2n) is 8.44. The minimum Gasteiger partial charge on any atom is -0.469 e. The summed E-state index contributed by atoms with van der Waals surface area (Å²) in [5, 5.41) is 0. The summed E-state index contributed by atoms with van der Waals surface area (Å²) in [6, 6.07) is 0. The van der Waals surface area contributed by atoms with Crippen molar-refractivity contribution in [1.29, 1.82) is 0 Å². The van der Waals surface area contributed by atoms with Crippen LogP contribution in [0.3, 0.4) is 0 Å². The first kappa shape index (κ1) is 16.5. The van der Waals surface area contributed by atoms with Crippen molar-refractivity contribution >= 4 is 5.97 Å². The van der Waals surface area contributed by atoms with E-state index in [0.717, 1.165) is 38.5 Å². The van der Waals surface area contributed by atoms with E-state index in [2.05, 4.69) is 0 Å². The fraction of sp³-hybridized carbons (Fsp3) is 0.947. The van der Waals surface area contributed by atoms with E-state index in [4.69, 9.17) is 23.7 Å². The Kier molecular flexibility index (Phi) is 3.90. The van der Waals surface area contributed by atoms with Gasteiger partial charge in [-0.05, 0) is 25.7 Å². The lowest BCUT2D eigenvalue weighted by Gasteiger charge is -2.44. The maximum Gasteiger partial charge on any atom is 0.308 e. The number of carbonyl (C=O) groups excluding carboxylic acids is 1. The van der Waals surface area contributed by atoms with Crippen molar-refractivity contribution in [2.24, 2.45) is 0 Å². The van der Waals surface area contributed by atoms with Gasteiger partial charge in [-0.1, -0.05) is 6.42 Å². The molecule has 2 saturated carbocycles. The van der Waals surface area contributed by atoms with Crippen molar-refractivity contribution in [2.75, 3.05) is 7.11 Å². The van der Waals surface area contributed by atoms with Gasteiger partial charge in [0.1, 0.15) is 6.10 Å². The van der Waals surface area contributed by atoms with E-state index in [9.17, 15) is 4.79 Å². The van der Waals surface area contributed by atoms with Crippen LogP contribution in [0.25, 0.3) is 0 Å². The first-order valence-electron chi connectivity index (χ1n) is 9.87. The molecule has 5 fully saturated rings. The summed E-state index contributed by atoms with van der Waals surface area (Å²) in [6.45, 7) is 0. The molecular formula is C19H28O6. The number of carbonyl (C=O) groups is 1. The normalized spacial score (nSPS) is 47.3. The molecule has 2 bridgehead atoms. The molecule has 2 aliphatic carbocycles. The highest BCUT2D eigenvalue weighted by Gasteiger charge is 2.65. The molecule has 0 aromatic rings. The smallest absolute Gasteiger partial charge is 0.308 e. The largest absolute Gasteiger partial charge is 0.469 e. The molecule has 3 aliphatic heterocycles. The quantitative estimate of drug-likeness (QED) is 0.712. The van der Waals surface area contributed by atoms with Gasteiger partial charge in [-0.25, -0.2) is 0 Å². The highest BCUT2D eigenvalue weighted by atomic mass is 16.8. The van der Waals surface area contributed by atoms with E-state index >= 15 is 0 Å². The lowest BCUT2D eigenvalue weighted by Crippen LogP contribution is -2.54. The molecule has 6 atom stereocenters. The fourth-order valence-electron chi connectivity index (χ4n) is 5.74. The monoisotopic (exact) mass is 352 g/mol. The molecule has 140 valence electrons. The van der Waals surface area contributed by atoms with Crippen LogP contribution in [-0.4, -0.2) is 55.0 Å². The van der Waals surface area contributed by atoms with Crippen LogP contribution in [0.1, 0.15) is 64.2 Å². The maximum absolute atomic E-state index is 11.6. The molecule has 5 aliphatic rings. The van der Waals surface area contributed by atoms with Crippen LogP contribution >= 0.6 is 0 Å². The summed E-state index contributed by atoms with van der Waals surface area (Å²) in [5.74, 6) is -0.584. The van der Waals surface area contributed by atoms with Crippen LogP contribution in [0.4, 0.5) is 0 Å². The van der Waals surface area contributed by atoms with Gasteiger partial charge in [0.25, 0.3) is 0 Å². The van der Waals surface area contributed by atoms with Gasteiger partial charge in [-0.15, -0.1) is 0 Å². The average Bonchev–Trinajstić information content (AvgIpc) is 3.11. The van der Waals surface area contributed by atoms with Crippen molar-refractivity contribution in [3.8, 4) is 0 Å². The molecular weight excluding hydrogens is 324 g/mol. The number of fused-ring (bicyclic) bond motifs is 3. The SMILES string of the molecule is COC(=O)CC1CCC2O[C@@H]3CC2(C[C@H]2OC4(CCCCC4)OC32)O1. The summed E-state index contributed by atoms with van der Waals surface area (Å²) < 4.78 is 30.6. The molecule has 3 saturated heterocycles. The van der Waals surface area contributed by atoms with Crippen molar-refractivity contribution in [1.82, 2.24) is 0 Å². The van der Waals surface area contributed by atoms with E-state index in [-0.39, 0.29) is 47.9 Å². The molecule has 0 aromatic carbocycles. The Morgan fingerprint density at radius 3 is 2.64 bits per heavy atom. The zero-order chi connectivity index (χ0) is 17.1.